The number of carbonyl (C=O) groups is 1. The van der Waals surface area contributed by atoms with Crippen molar-refractivity contribution >= 4 is 28.5 Å². The maximum absolute atomic E-state index is 11.5. The van der Waals surface area contributed by atoms with Crippen LogP contribution in [0.1, 0.15) is 27.2 Å². The second-order valence-corrected chi connectivity index (χ2v) is 7.51. The van der Waals surface area contributed by atoms with Crippen molar-refractivity contribution in [1.29, 1.82) is 0 Å². The van der Waals surface area contributed by atoms with Crippen LogP contribution in [0.5, 0.6) is 0 Å². The summed E-state index contributed by atoms with van der Waals surface area (Å²) in [6.07, 6.45) is 4.07. The number of hydrogen-bond acceptors (Lipinski definition) is 5. The number of nitrogens with zero attached hydrogens (tertiary/aromatic N) is 1. The zero-order valence-corrected chi connectivity index (χ0v) is 14.1. The van der Waals surface area contributed by atoms with E-state index in [1.54, 1.807) is 18.0 Å². The van der Waals surface area contributed by atoms with Gasteiger partial charge < -0.3 is 4.84 Å². The molecule has 0 aliphatic rings. The van der Waals surface area contributed by atoms with Crippen molar-refractivity contribution in [3.05, 3.63) is 36.7 Å². The lowest BCUT2D eigenvalue weighted by molar-refractivity contribution is -0.152. The SMILES string of the molecule is CC(C)(C)CC(=O)ONCCSc1ccc2ccncc2c1. The largest absolute Gasteiger partial charge is 0.371 e. The highest BCUT2D eigenvalue weighted by atomic mass is 32.2. The number of carbonyl (C=O) groups excluding carboxylic acids is 1. The van der Waals surface area contributed by atoms with E-state index in [-0.39, 0.29) is 11.4 Å². The van der Waals surface area contributed by atoms with Gasteiger partial charge in [-0.05, 0) is 29.0 Å². The summed E-state index contributed by atoms with van der Waals surface area (Å²) in [5, 5.41) is 2.32. The molecule has 0 atom stereocenters. The molecule has 0 saturated heterocycles. The molecule has 0 unspecified atom stereocenters. The van der Waals surface area contributed by atoms with E-state index < -0.39 is 0 Å². The van der Waals surface area contributed by atoms with Gasteiger partial charge in [0.1, 0.15) is 0 Å². The fourth-order valence-electron chi connectivity index (χ4n) is 1.96. The molecular formula is C17H22N2O2S. The Balaban J connectivity index is 1.71. The molecule has 1 aromatic carbocycles. The fourth-order valence-corrected chi connectivity index (χ4v) is 2.76. The van der Waals surface area contributed by atoms with Crippen molar-refractivity contribution < 1.29 is 9.63 Å². The highest BCUT2D eigenvalue weighted by Crippen LogP contribution is 2.22. The van der Waals surface area contributed by atoms with Crippen LogP contribution in [0.2, 0.25) is 0 Å². The summed E-state index contributed by atoms with van der Waals surface area (Å²) >= 11 is 1.72. The Hall–Kier alpha value is -1.59. The summed E-state index contributed by atoms with van der Waals surface area (Å²) in [5.41, 5.74) is 2.68. The molecule has 0 aliphatic carbocycles. The van der Waals surface area contributed by atoms with Crippen molar-refractivity contribution in [2.45, 2.75) is 32.1 Å². The zero-order chi connectivity index (χ0) is 16.0. The molecule has 2 aromatic rings. The number of thioether (sulfide) groups is 1. The Morgan fingerprint density at radius 2 is 2.09 bits per heavy atom. The molecular weight excluding hydrogens is 296 g/mol. The van der Waals surface area contributed by atoms with Crippen molar-refractivity contribution in [3.63, 3.8) is 0 Å². The fraction of sp³-hybridized carbons (Fsp3) is 0.412. The Labute approximate surface area is 135 Å². The van der Waals surface area contributed by atoms with Gasteiger partial charge in [0, 0.05) is 35.0 Å². The second kappa shape index (κ2) is 7.61. The number of hydroxylamine groups is 1. The third-order valence-corrected chi connectivity index (χ3v) is 3.94. The van der Waals surface area contributed by atoms with Crippen LogP contribution in [0, 0.1) is 5.41 Å². The van der Waals surface area contributed by atoms with Gasteiger partial charge in [-0.1, -0.05) is 26.8 Å². The van der Waals surface area contributed by atoms with Crippen molar-refractivity contribution in [2.75, 3.05) is 12.3 Å². The smallest absolute Gasteiger partial charge is 0.325 e. The number of aromatic nitrogens is 1. The molecule has 0 fully saturated rings. The maximum Gasteiger partial charge on any atom is 0.325 e. The first-order valence-corrected chi connectivity index (χ1v) is 8.32. The number of benzene rings is 1. The average Bonchev–Trinajstić information content (AvgIpc) is 2.45. The normalized spacial score (nSPS) is 11.6. The van der Waals surface area contributed by atoms with E-state index in [4.69, 9.17) is 4.84 Å². The summed E-state index contributed by atoms with van der Waals surface area (Å²) in [7, 11) is 0. The van der Waals surface area contributed by atoms with Crippen molar-refractivity contribution in [2.24, 2.45) is 5.41 Å². The van der Waals surface area contributed by atoms with Crippen LogP contribution in [-0.4, -0.2) is 23.3 Å². The monoisotopic (exact) mass is 318 g/mol. The minimum absolute atomic E-state index is 0.0490. The van der Waals surface area contributed by atoms with E-state index in [0.717, 1.165) is 11.1 Å². The number of hydrogen-bond donors (Lipinski definition) is 1. The molecule has 0 radical (unpaired) electrons. The highest BCUT2D eigenvalue weighted by Gasteiger charge is 2.16. The van der Waals surface area contributed by atoms with E-state index in [9.17, 15) is 4.79 Å². The van der Waals surface area contributed by atoms with Gasteiger partial charge in [0.15, 0.2) is 0 Å². The number of nitrogens with one attached hydrogen (secondary N) is 1. The van der Waals surface area contributed by atoms with Crippen LogP contribution in [0.25, 0.3) is 10.8 Å². The summed E-state index contributed by atoms with van der Waals surface area (Å²) in [6, 6.07) is 8.31. The number of pyridine rings is 1. The Morgan fingerprint density at radius 3 is 2.86 bits per heavy atom. The maximum atomic E-state index is 11.5. The summed E-state index contributed by atoms with van der Waals surface area (Å²) in [6.45, 7) is 6.65. The molecule has 0 spiro atoms. The minimum Gasteiger partial charge on any atom is -0.371 e. The first-order valence-electron chi connectivity index (χ1n) is 7.33. The molecule has 5 heteroatoms. The highest BCUT2D eigenvalue weighted by molar-refractivity contribution is 7.99. The number of rotatable bonds is 6. The standard InChI is InChI=1S/C17H22N2O2S/c1-17(2,3)11-16(20)21-19-8-9-22-15-5-4-13-6-7-18-12-14(13)10-15/h4-7,10,12,19H,8-9,11H2,1-3H3. The third-order valence-electron chi connectivity index (χ3n) is 2.95. The predicted octanol–water partition coefficient (Wildman–Crippen LogP) is 3.81. The van der Waals surface area contributed by atoms with Gasteiger partial charge in [0.25, 0.3) is 0 Å². The van der Waals surface area contributed by atoms with Crippen molar-refractivity contribution in [1.82, 2.24) is 10.5 Å². The van der Waals surface area contributed by atoms with Gasteiger partial charge >= 0.3 is 5.97 Å². The van der Waals surface area contributed by atoms with Gasteiger partial charge in [0.2, 0.25) is 0 Å². The Kier molecular flexibility index (Phi) is 5.80. The lowest BCUT2D eigenvalue weighted by Gasteiger charge is -2.16. The van der Waals surface area contributed by atoms with E-state index in [1.165, 1.54) is 10.3 Å². The van der Waals surface area contributed by atoms with Crippen molar-refractivity contribution in [3.8, 4) is 0 Å². The molecule has 1 N–H and O–H groups in total. The van der Waals surface area contributed by atoms with Crippen LogP contribution < -0.4 is 5.48 Å². The lowest BCUT2D eigenvalue weighted by Crippen LogP contribution is -2.25. The number of fused-ring (bicyclic) bond motifs is 1. The predicted molar refractivity (Wildman–Crippen MR) is 90.6 cm³/mol. The van der Waals surface area contributed by atoms with Gasteiger partial charge in [0.05, 0.1) is 6.42 Å². The third kappa shape index (κ3) is 5.66. The van der Waals surface area contributed by atoms with Crippen LogP contribution in [0.4, 0.5) is 0 Å². The Bertz CT molecular complexity index is 638. The molecule has 0 amide bonds. The molecule has 0 aliphatic heterocycles. The van der Waals surface area contributed by atoms with Gasteiger partial charge in [-0.2, -0.15) is 5.48 Å². The first-order chi connectivity index (χ1) is 10.4. The molecule has 4 nitrogen and oxygen atoms in total. The van der Waals surface area contributed by atoms with Crippen LogP contribution in [0.3, 0.4) is 0 Å². The molecule has 1 aromatic heterocycles. The lowest BCUT2D eigenvalue weighted by atomic mass is 9.93. The average molecular weight is 318 g/mol. The summed E-state index contributed by atoms with van der Waals surface area (Å²) in [4.78, 5) is 21.9. The molecule has 2 rings (SSSR count). The van der Waals surface area contributed by atoms with E-state index in [1.807, 2.05) is 33.0 Å². The second-order valence-electron chi connectivity index (χ2n) is 6.34. The summed E-state index contributed by atoms with van der Waals surface area (Å²) < 4.78 is 0. The van der Waals surface area contributed by atoms with E-state index >= 15 is 0 Å². The zero-order valence-electron chi connectivity index (χ0n) is 13.3. The molecule has 1 heterocycles. The van der Waals surface area contributed by atoms with Crippen LogP contribution in [0.15, 0.2) is 41.6 Å². The molecule has 0 saturated carbocycles. The van der Waals surface area contributed by atoms with Gasteiger partial charge in [-0.15, -0.1) is 11.8 Å². The molecule has 0 bridgehead atoms. The minimum atomic E-state index is -0.214. The first kappa shape index (κ1) is 16.8. The van der Waals surface area contributed by atoms with Gasteiger partial charge in [-0.25, -0.2) is 0 Å². The molecule has 22 heavy (non-hydrogen) atoms. The quantitative estimate of drug-likeness (QED) is 0.498. The van der Waals surface area contributed by atoms with Crippen LogP contribution in [-0.2, 0) is 9.63 Å². The molecule has 118 valence electrons. The summed E-state index contributed by atoms with van der Waals surface area (Å²) in [5.74, 6) is 0.614. The van der Waals surface area contributed by atoms with Crippen LogP contribution >= 0.6 is 11.8 Å². The van der Waals surface area contributed by atoms with E-state index in [2.05, 4.69) is 28.7 Å². The van der Waals surface area contributed by atoms with Gasteiger partial charge in [-0.3, -0.25) is 9.78 Å². The topological polar surface area (TPSA) is 51.2 Å². The Morgan fingerprint density at radius 1 is 1.27 bits per heavy atom. The van der Waals surface area contributed by atoms with E-state index in [0.29, 0.717) is 13.0 Å².